The molecule has 2 amide bonds. The first-order chi connectivity index (χ1) is 17.5. The number of thiocarbonyl (C=S) groups is 1. The molecule has 0 aliphatic heterocycles. The maximum Gasteiger partial charge on any atom is 0.305 e. The minimum Gasteiger partial charge on any atom is -0.466 e. The molecule has 36 heavy (non-hydrogen) atoms. The van der Waals surface area contributed by atoms with Gasteiger partial charge in [-0.05, 0) is 67.4 Å². The SMILES string of the molecule is O=C(CCCC(=O)OCCCc1ccccc1)NC(=S)Nc1cccc(C(=O)Nc2ccccc2)c1. The molecule has 0 aromatic heterocycles. The minimum atomic E-state index is -0.317. The summed E-state index contributed by atoms with van der Waals surface area (Å²) in [7, 11) is 0. The molecule has 0 aliphatic rings. The number of anilines is 2. The summed E-state index contributed by atoms with van der Waals surface area (Å²) in [5.74, 6) is -0.878. The van der Waals surface area contributed by atoms with Crippen LogP contribution in [0, 0.1) is 0 Å². The van der Waals surface area contributed by atoms with Gasteiger partial charge >= 0.3 is 5.97 Å². The van der Waals surface area contributed by atoms with E-state index in [-0.39, 0.29) is 35.7 Å². The van der Waals surface area contributed by atoms with E-state index < -0.39 is 0 Å². The number of ether oxygens (including phenoxy) is 1. The summed E-state index contributed by atoms with van der Waals surface area (Å²) in [6, 6.07) is 26.0. The van der Waals surface area contributed by atoms with Gasteiger partial charge in [0.15, 0.2) is 5.11 Å². The van der Waals surface area contributed by atoms with Crippen molar-refractivity contribution in [3.63, 3.8) is 0 Å². The summed E-state index contributed by atoms with van der Waals surface area (Å²) in [6.07, 6.45) is 2.27. The van der Waals surface area contributed by atoms with Crippen LogP contribution in [-0.2, 0) is 20.7 Å². The van der Waals surface area contributed by atoms with Crippen molar-refractivity contribution in [2.75, 3.05) is 17.2 Å². The van der Waals surface area contributed by atoms with E-state index in [9.17, 15) is 14.4 Å². The number of esters is 1. The molecule has 3 N–H and O–H groups in total. The molecule has 0 aliphatic carbocycles. The number of amides is 2. The van der Waals surface area contributed by atoms with Gasteiger partial charge in [0.05, 0.1) is 6.61 Å². The van der Waals surface area contributed by atoms with Gasteiger partial charge in [0, 0.05) is 29.8 Å². The Balaban J connectivity index is 1.32. The number of hydrogen-bond acceptors (Lipinski definition) is 5. The Labute approximate surface area is 216 Å². The Kier molecular flexibility index (Phi) is 10.6. The van der Waals surface area contributed by atoms with Gasteiger partial charge in [0.1, 0.15) is 0 Å². The maximum atomic E-state index is 12.5. The summed E-state index contributed by atoms with van der Waals surface area (Å²) in [4.78, 5) is 36.5. The van der Waals surface area contributed by atoms with E-state index in [1.54, 1.807) is 36.4 Å². The molecule has 3 rings (SSSR count). The summed E-state index contributed by atoms with van der Waals surface area (Å²) in [5, 5.41) is 8.43. The second kappa shape index (κ2) is 14.4. The van der Waals surface area contributed by atoms with Gasteiger partial charge in [0.25, 0.3) is 5.91 Å². The van der Waals surface area contributed by atoms with Crippen LogP contribution in [0.1, 0.15) is 41.6 Å². The zero-order valence-corrected chi connectivity index (χ0v) is 20.7. The van der Waals surface area contributed by atoms with Crippen LogP contribution in [0.2, 0.25) is 0 Å². The van der Waals surface area contributed by atoms with Crippen molar-refractivity contribution in [2.45, 2.75) is 32.1 Å². The zero-order valence-electron chi connectivity index (χ0n) is 19.9. The first kappa shape index (κ1) is 26.6. The second-order valence-electron chi connectivity index (χ2n) is 8.07. The van der Waals surface area contributed by atoms with Crippen molar-refractivity contribution in [3.05, 3.63) is 96.1 Å². The summed E-state index contributed by atoms with van der Waals surface area (Å²) in [5.41, 5.74) is 2.91. The van der Waals surface area contributed by atoms with Gasteiger partial charge < -0.3 is 20.7 Å². The topological polar surface area (TPSA) is 96.5 Å². The molecule has 7 nitrogen and oxygen atoms in total. The second-order valence-corrected chi connectivity index (χ2v) is 8.47. The van der Waals surface area contributed by atoms with Gasteiger partial charge in [-0.3, -0.25) is 14.4 Å². The van der Waals surface area contributed by atoms with Crippen molar-refractivity contribution in [3.8, 4) is 0 Å². The Morgan fingerprint density at radius 2 is 1.44 bits per heavy atom. The third kappa shape index (κ3) is 9.68. The molecule has 3 aromatic rings. The van der Waals surface area contributed by atoms with Crippen molar-refractivity contribution in [1.82, 2.24) is 5.32 Å². The first-order valence-corrected chi connectivity index (χ1v) is 12.2. The lowest BCUT2D eigenvalue weighted by atomic mass is 10.1. The fourth-order valence-electron chi connectivity index (χ4n) is 3.39. The van der Waals surface area contributed by atoms with Crippen LogP contribution in [0.25, 0.3) is 0 Å². The molecule has 3 aromatic carbocycles. The predicted molar refractivity (Wildman–Crippen MR) is 145 cm³/mol. The lowest BCUT2D eigenvalue weighted by Crippen LogP contribution is -2.34. The van der Waals surface area contributed by atoms with Crippen LogP contribution < -0.4 is 16.0 Å². The molecule has 0 saturated heterocycles. The molecule has 0 unspecified atom stereocenters. The Bertz CT molecular complexity index is 1170. The summed E-state index contributed by atoms with van der Waals surface area (Å²) in [6.45, 7) is 0.358. The number of aryl methyl sites for hydroxylation is 1. The van der Waals surface area contributed by atoms with Gasteiger partial charge in [-0.25, -0.2) is 0 Å². The monoisotopic (exact) mass is 503 g/mol. The molecular weight excluding hydrogens is 474 g/mol. The molecule has 0 bridgehead atoms. The standard InChI is InChI=1S/C28H29N3O4S/c32-25(17-8-18-26(33)35-19-9-12-21-10-3-1-4-11-21)31-28(36)30-24-16-7-13-22(20-24)27(34)29-23-14-5-2-6-15-23/h1-7,10-11,13-16,20H,8-9,12,17-19H2,(H,29,34)(H2,30,31,32,36). The quantitative estimate of drug-likeness (QED) is 0.191. The third-order valence-corrected chi connectivity index (χ3v) is 5.37. The molecule has 0 spiro atoms. The van der Waals surface area contributed by atoms with Gasteiger partial charge in [-0.15, -0.1) is 0 Å². The molecule has 0 radical (unpaired) electrons. The van der Waals surface area contributed by atoms with E-state index in [0.717, 1.165) is 12.8 Å². The van der Waals surface area contributed by atoms with Gasteiger partial charge in [-0.1, -0.05) is 54.6 Å². The predicted octanol–water partition coefficient (Wildman–Crippen LogP) is 5.10. The summed E-state index contributed by atoms with van der Waals surface area (Å²) < 4.78 is 5.23. The maximum absolute atomic E-state index is 12.5. The first-order valence-electron chi connectivity index (χ1n) is 11.8. The molecule has 8 heteroatoms. The van der Waals surface area contributed by atoms with E-state index >= 15 is 0 Å². The molecule has 0 heterocycles. The van der Waals surface area contributed by atoms with Crippen LogP contribution in [-0.4, -0.2) is 29.5 Å². The number of rotatable bonds is 11. The van der Waals surface area contributed by atoms with Gasteiger partial charge in [0.2, 0.25) is 5.91 Å². The number of nitrogens with one attached hydrogen (secondary N) is 3. The summed E-state index contributed by atoms with van der Waals surface area (Å²) >= 11 is 5.20. The lowest BCUT2D eigenvalue weighted by molar-refractivity contribution is -0.143. The van der Waals surface area contributed by atoms with Crippen LogP contribution in [0.4, 0.5) is 11.4 Å². The van der Waals surface area contributed by atoms with E-state index in [1.807, 2.05) is 48.5 Å². The number of carbonyl (C=O) groups is 3. The van der Waals surface area contributed by atoms with E-state index in [2.05, 4.69) is 16.0 Å². The Morgan fingerprint density at radius 1 is 0.750 bits per heavy atom. The van der Waals surface area contributed by atoms with Crippen molar-refractivity contribution < 1.29 is 19.1 Å². The average Bonchev–Trinajstić information content (AvgIpc) is 2.88. The van der Waals surface area contributed by atoms with Crippen LogP contribution in [0.15, 0.2) is 84.9 Å². The average molecular weight is 504 g/mol. The van der Waals surface area contributed by atoms with E-state index in [1.165, 1.54) is 5.56 Å². The third-order valence-electron chi connectivity index (χ3n) is 5.17. The smallest absolute Gasteiger partial charge is 0.305 e. The fourth-order valence-corrected chi connectivity index (χ4v) is 3.62. The lowest BCUT2D eigenvalue weighted by Gasteiger charge is -2.11. The zero-order chi connectivity index (χ0) is 25.6. The highest BCUT2D eigenvalue weighted by Gasteiger charge is 2.10. The van der Waals surface area contributed by atoms with Gasteiger partial charge in [-0.2, -0.15) is 0 Å². The van der Waals surface area contributed by atoms with Crippen molar-refractivity contribution >= 4 is 46.5 Å². The van der Waals surface area contributed by atoms with Crippen LogP contribution in [0.5, 0.6) is 0 Å². The number of hydrogen-bond donors (Lipinski definition) is 3. The fraction of sp³-hybridized carbons (Fsp3) is 0.214. The van der Waals surface area contributed by atoms with Crippen molar-refractivity contribution in [1.29, 1.82) is 0 Å². The van der Waals surface area contributed by atoms with Crippen molar-refractivity contribution in [2.24, 2.45) is 0 Å². The number of benzene rings is 3. The Hall–Kier alpha value is -4.04. The molecule has 0 atom stereocenters. The highest BCUT2D eigenvalue weighted by Crippen LogP contribution is 2.14. The largest absolute Gasteiger partial charge is 0.466 e. The highest BCUT2D eigenvalue weighted by molar-refractivity contribution is 7.80. The van der Waals surface area contributed by atoms with E-state index in [0.29, 0.717) is 30.0 Å². The van der Waals surface area contributed by atoms with Crippen LogP contribution >= 0.6 is 12.2 Å². The molecule has 0 saturated carbocycles. The number of carbonyl (C=O) groups excluding carboxylic acids is 3. The van der Waals surface area contributed by atoms with Crippen LogP contribution in [0.3, 0.4) is 0 Å². The molecular formula is C28H29N3O4S. The molecule has 0 fully saturated rings. The molecule has 186 valence electrons. The highest BCUT2D eigenvalue weighted by atomic mass is 32.1. The number of para-hydroxylation sites is 1. The van der Waals surface area contributed by atoms with E-state index in [4.69, 9.17) is 17.0 Å². The minimum absolute atomic E-state index is 0.115. The Morgan fingerprint density at radius 3 is 2.19 bits per heavy atom. The normalized spacial score (nSPS) is 10.2.